The molecule has 0 bridgehead atoms. The third kappa shape index (κ3) is 7.49. The molecule has 1 aliphatic rings. The maximum absolute atomic E-state index is 12.0. The molecule has 0 saturated carbocycles. The highest BCUT2D eigenvalue weighted by molar-refractivity contribution is 6.30. The van der Waals surface area contributed by atoms with Crippen LogP contribution < -0.4 is 10.6 Å². The van der Waals surface area contributed by atoms with Gasteiger partial charge in [-0.2, -0.15) is 0 Å². The van der Waals surface area contributed by atoms with Crippen molar-refractivity contribution in [2.75, 3.05) is 32.7 Å². The summed E-state index contributed by atoms with van der Waals surface area (Å²) >= 11 is 5.93. The van der Waals surface area contributed by atoms with Gasteiger partial charge in [0.25, 0.3) is 0 Å². The minimum absolute atomic E-state index is 0.251. The Labute approximate surface area is 176 Å². The molecule has 2 aromatic rings. The van der Waals surface area contributed by atoms with Crippen molar-refractivity contribution in [3.8, 4) is 0 Å². The third-order valence-electron chi connectivity index (χ3n) is 4.99. The number of carbonyl (C=O) groups is 2. The van der Waals surface area contributed by atoms with Gasteiger partial charge in [-0.05, 0) is 23.3 Å². The van der Waals surface area contributed by atoms with Gasteiger partial charge in [0.05, 0.1) is 0 Å². The second-order valence-electron chi connectivity index (χ2n) is 7.21. The van der Waals surface area contributed by atoms with Crippen LogP contribution in [0.15, 0.2) is 54.6 Å². The molecule has 0 atom stereocenters. The minimum atomic E-state index is -0.452. The lowest BCUT2D eigenvalue weighted by atomic mass is 10.2. The smallest absolute Gasteiger partial charge is 0.321 e. The van der Waals surface area contributed by atoms with Crippen LogP contribution in [-0.4, -0.2) is 54.5 Å². The van der Waals surface area contributed by atoms with E-state index in [1.54, 1.807) is 0 Å². The summed E-state index contributed by atoms with van der Waals surface area (Å²) in [6.45, 7) is 5.72. The molecule has 3 amide bonds. The summed E-state index contributed by atoms with van der Waals surface area (Å²) < 4.78 is 0. The van der Waals surface area contributed by atoms with E-state index in [0.717, 1.165) is 43.3 Å². The van der Waals surface area contributed by atoms with Crippen LogP contribution in [0.3, 0.4) is 0 Å². The summed E-state index contributed by atoms with van der Waals surface area (Å²) in [7, 11) is 0. The topological polar surface area (TPSA) is 64.7 Å². The first-order valence-corrected chi connectivity index (χ1v) is 10.3. The molecule has 29 heavy (non-hydrogen) atoms. The summed E-state index contributed by atoms with van der Waals surface area (Å²) in [5.41, 5.74) is 2.25. The van der Waals surface area contributed by atoms with Gasteiger partial charge in [-0.15, -0.1) is 0 Å². The van der Waals surface area contributed by atoms with Crippen LogP contribution in [0.1, 0.15) is 17.5 Å². The molecule has 0 spiro atoms. The first-order valence-electron chi connectivity index (χ1n) is 9.89. The van der Waals surface area contributed by atoms with Crippen molar-refractivity contribution in [2.24, 2.45) is 0 Å². The van der Waals surface area contributed by atoms with Crippen molar-refractivity contribution < 1.29 is 9.59 Å². The molecular formula is C22H27ClN4O2. The molecule has 0 unspecified atom stereocenters. The molecule has 1 saturated heterocycles. The standard InChI is InChI=1S/C22H27ClN4O2/c23-20-8-6-19(7-9-20)17-27-14-12-26(13-15-27)11-10-21(28)25-22(29)24-16-18-4-2-1-3-5-18/h1-9H,10-17H2,(H2,24,25,28,29). The Morgan fingerprint density at radius 1 is 0.862 bits per heavy atom. The number of imide groups is 1. The highest BCUT2D eigenvalue weighted by atomic mass is 35.5. The second-order valence-corrected chi connectivity index (χ2v) is 7.65. The normalized spacial score (nSPS) is 15.1. The third-order valence-corrected chi connectivity index (χ3v) is 5.24. The predicted octanol–water partition coefficient (Wildman–Crippen LogP) is 2.87. The van der Waals surface area contributed by atoms with Crippen molar-refractivity contribution in [3.63, 3.8) is 0 Å². The fourth-order valence-corrected chi connectivity index (χ4v) is 3.42. The van der Waals surface area contributed by atoms with Gasteiger partial charge in [0.1, 0.15) is 0 Å². The van der Waals surface area contributed by atoms with Gasteiger partial charge in [0, 0.05) is 57.3 Å². The fraction of sp³-hybridized carbons (Fsp3) is 0.364. The van der Waals surface area contributed by atoms with E-state index in [-0.39, 0.29) is 5.91 Å². The SMILES string of the molecule is O=C(CCN1CCN(Cc2ccc(Cl)cc2)CC1)NC(=O)NCc1ccccc1. The number of urea groups is 1. The van der Waals surface area contributed by atoms with E-state index in [2.05, 4.69) is 32.6 Å². The van der Waals surface area contributed by atoms with Gasteiger partial charge in [-0.25, -0.2) is 4.79 Å². The number of carbonyl (C=O) groups excluding carboxylic acids is 2. The molecule has 1 heterocycles. The number of amides is 3. The van der Waals surface area contributed by atoms with Gasteiger partial charge in [-0.1, -0.05) is 54.1 Å². The molecule has 1 aliphatic heterocycles. The van der Waals surface area contributed by atoms with Crippen LogP contribution in [0, 0.1) is 0 Å². The maximum atomic E-state index is 12.0. The highest BCUT2D eigenvalue weighted by Crippen LogP contribution is 2.13. The second kappa shape index (κ2) is 11.0. The van der Waals surface area contributed by atoms with Gasteiger partial charge < -0.3 is 10.2 Å². The van der Waals surface area contributed by atoms with E-state index >= 15 is 0 Å². The predicted molar refractivity (Wildman–Crippen MR) is 115 cm³/mol. The van der Waals surface area contributed by atoms with E-state index in [9.17, 15) is 9.59 Å². The highest BCUT2D eigenvalue weighted by Gasteiger charge is 2.18. The van der Waals surface area contributed by atoms with Crippen LogP contribution in [0.4, 0.5) is 4.79 Å². The molecule has 6 nitrogen and oxygen atoms in total. The Bertz CT molecular complexity index is 790. The zero-order valence-corrected chi connectivity index (χ0v) is 17.2. The zero-order valence-electron chi connectivity index (χ0n) is 16.4. The molecule has 7 heteroatoms. The summed E-state index contributed by atoms with van der Waals surface area (Å²) in [6.07, 6.45) is 0.315. The zero-order chi connectivity index (χ0) is 20.5. The number of nitrogens with one attached hydrogen (secondary N) is 2. The number of benzene rings is 2. The first-order chi connectivity index (χ1) is 14.1. The molecule has 2 aromatic carbocycles. The molecule has 154 valence electrons. The fourth-order valence-electron chi connectivity index (χ4n) is 3.29. The molecule has 2 N–H and O–H groups in total. The van der Waals surface area contributed by atoms with E-state index in [1.165, 1.54) is 5.56 Å². The Kier molecular flexibility index (Phi) is 8.04. The lowest BCUT2D eigenvalue weighted by Gasteiger charge is -2.34. The molecular weight excluding hydrogens is 388 g/mol. The van der Waals surface area contributed by atoms with Gasteiger partial charge in [0.2, 0.25) is 5.91 Å². The number of nitrogens with zero attached hydrogens (tertiary/aromatic N) is 2. The van der Waals surface area contributed by atoms with Crippen molar-refractivity contribution in [1.29, 1.82) is 0 Å². The van der Waals surface area contributed by atoms with E-state index in [0.29, 0.717) is 19.5 Å². The summed E-state index contributed by atoms with van der Waals surface area (Å²) in [5, 5.41) is 5.85. The van der Waals surface area contributed by atoms with E-state index < -0.39 is 6.03 Å². The molecule has 0 radical (unpaired) electrons. The molecule has 0 aromatic heterocycles. The number of piperazine rings is 1. The Balaban J connectivity index is 1.30. The summed E-state index contributed by atoms with van der Waals surface area (Å²) in [6, 6.07) is 17.1. The maximum Gasteiger partial charge on any atom is 0.321 e. The van der Waals surface area contributed by atoms with Crippen LogP contribution in [0.5, 0.6) is 0 Å². The van der Waals surface area contributed by atoms with Crippen molar-refractivity contribution in [2.45, 2.75) is 19.5 Å². The van der Waals surface area contributed by atoms with Gasteiger partial charge in [0.15, 0.2) is 0 Å². The average molecular weight is 415 g/mol. The monoisotopic (exact) mass is 414 g/mol. The van der Waals surface area contributed by atoms with Crippen molar-refractivity contribution in [1.82, 2.24) is 20.4 Å². The van der Waals surface area contributed by atoms with Crippen LogP contribution in [0.25, 0.3) is 0 Å². The minimum Gasteiger partial charge on any atom is -0.334 e. The lowest BCUT2D eigenvalue weighted by Crippen LogP contribution is -2.47. The number of rotatable bonds is 7. The number of halogens is 1. The average Bonchev–Trinajstić information content (AvgIpc) is 2.74. The summed E-state index contributed by atoms with van der Waals surface area (Å²) in [4.78, 5) is 28.5. The Hall–Kier alpha value is -2.41. The van der Waals surface area contributed by atoms with Crippen LogP contribution in [0.2, 0.25) is 5.02 Å². The number of hydrogen-bond acceptors (Lipinski definition) is 4. The van der Waals surface area contributed by atoms with Crippen molar-refractivity contribution >= 4 is 23.5 Å². The van der Waals surface area contributed by atoms with Crippen LogP contribution >= 0.6 is 11.6 Å². The van der Waals surface area contributed by atoms with Crippen molar-refractivity contribution in [3.05, 3.63) is 70.7 Å². The van der Waals surface area contributed by atoms with Gasteiger partial charge in [-0.3, -0.25) is 15.0 Å². The number of hydrogen-bond donors (Lipinski definition) is 2. The quantitative estimate of drug-likeness (QED) is 0.731. The first kappa shape index (κ1) is 21.3. The molecule has 1 fully saturated rings. The Morgan fingerprint density at radius 2 is 1.52 bits per heavy atom. The molecule has 0 aliphatic carbocycles. The summed E-state index contributed by atoms with van der Waals surface area (Å²) in [5.74, 6) is -0.251. The van der Waals surface area contributed by atoms with E-state index in [1.807, 2.05) is 42.5 Å². The van der Waals surface area contributed by atoms with Gasteiger partial charge >= 0.3 is 6.03 Å². The largest absolute Gasteiger partial charge is 0.334 e. The lowest BCUT2D eigenvalue weighted by molar-refractivity contribution is -0.120. The van der Waals surface area contributed by atoms with Crippen LogP contribution in [-0.2, 0) is 17.9 Å². The Morgan fingerprint density at radius 3 is 2.21 bits per heavy atom. The molecule has 3 rings (SSSR count). The van der Waals surface area contributed by atoms with E-state index in [4.69, 9.17) is 11.6 Å².